The average molecular weight is 660 g/mol. The van der Waals surface area contributed by atoms with E-state index in [-0.39, 0.29) is 24.5 Å². The maximum absolute atomic E-state index is 10.3. The Bertz CT molecular complexity index is 1440. The molecule has 0 spiro atoms. The minimum Gasteiger partial charge on any atom is -0.496 e. The number of rotatable bonds is 15. The molecule has 6 rings (SSSR count). The molecule has 0 radical (unpaired) electrons. The summed E-state index contributed by atoms with van der Waals surface area (Å²) in [7, 11) is 3.43. The number of fused-ring (bicyclic) bond motifs is 1. The van der Waals surface area contributed by atoms with Crippen LogP contribution in [0.3, 0.4) is 0 Å². The van der Waals surface area contributed by atoms with Gasteiger partial charge in [0.15, 0.2) is 0 Å². The normalized spacial score (nSPS) is 21.6. The average Bonchev–Trinajstić information content (AvgIpc) is 3.15. The van der Waals surface area contributed by atoms with Gasteiger partial charge in [-0.2, -0.15) is 4.98 Å². The molecule has 2 aromatic carbocycles. The number of nitrogens with zero attached hydrogens (tertiary/aromatic N) is 2. The molecule has 2 N–H and O–H groups in total. The maximum Gasteiger partial charge on any atom is 0.316 e. The van der Waals surface area contributed by atoms with Gasteiger partial charge in [0.05, 0.1) is 39.2 Å². The van der Waals surface area contributed by atoms with Crippen LogP contribution in [0.25, 0.3) is 10.8 Å². The van der Waals surface area contributed by atoms with Crippen molar-refractivity contribution in [1.82, 2.24) is 15.3 Å². The molecule has 8 nitrogen and oxygen atoms in total. The largest absolute Gasteiger partial charge is 0.496 e. The number of ether oxygens (including phenoxy) is 4. The van der Waals surface area contributed by atoms with Crippen LogP contribution in [-0.2, 0) is 11.3 Å². The van der Waals surface area contributed by atoms with Crippen LogP contribution < -0.4 is 19.5 Å². The van der Waals surface area contributed by atoms with E-state index in [0.29, 0.717) is 31.6 Å². The lowest BCUT2D eigenvalue weighted by atomic mass is 9.74. The molecule has 3 aromatic rings. The summed E-state index contributed by atoms with van der Waals surface area (Å²) in [6.07, 6.45) is 18.9. The Morgan fingerprint density at radius 1 is 0.938 bits per heavy atom. The Morgan fingerprint density at radius 3 is 2.46 bits per heavy atom. The van der Waals surface area contributed by atoms with Crippen molar-refractivity contribution in [2.75, 3.05) is 40.5 Å². The predicted octanol–water partition coefficient (Wildman–Crippen LogP) is 8.09. The van der Waals surface area contributed by atoms with Gasteiger partial charge in [-0.3, -0.25) is 0 Å². The topological polar surface area (TPSA) is 95.0 Å². The molecule has 3 aliphatic rings. The standard InChI is InChI=1S/C40H57N3O5/c1-45-36-24-30(39(46-2)34-18-10-9-17-32(34)36)27-48-37-26-41-21-19-33(37)35-25-42-40(47-23-11-14-28-12-5-3-6-13-28)43-38(35)31(20-22-44)29-15-7-4-8-16-29/h9-10,17-18,24-25,28-29,31,33,37,41,44H,3-8,11-16,19-23,26-27H2,1-2H3. The van der Waals surface area contributed by atoms with Crippen molar-refractivity contribution in [3.8, 4) is 17.5 Å². The van der Waals surface area contributed by atoms with Gasteiger partial charge in [0.25, 0.3) is 0 Å². The molecular weight excluding hydrogens is 602 g/mol. The summed E-state index contributed by atoms with van der Waals surface area (Å²) in [5.41, 5.74) is 3.19. The van der Waals surface area contributed by atoms with Gasteiger partial charge in [-0.1, -0.05) is 75.6 Å². The highest BCUT2D eigenvalue weighted by Crippen LogP contribution is 2.43. The highest BCUT2D eigenvalue weighted by Gasteiger charge is 2.35. The fourth-order valence-corrected chi connectivity index (χ4v) is 8.77. The first-order valence-electron chi connectivity index (χ1n) is 18.8. The molecule has 2 heterocycles. The summed E-state index contributed by atoms with van der Waals surface area (Å²) in [4.78, 5) is 10.0. The third-order valence-corrected chi connectivity index (χ3v) is 11.3. The number of methoxy groups -OCH3 is 2. The van der Waals surface area contributed by atoms with E-state index in [1.165, 1.54) is 70.6 Å². The minimum atomic E-state index is -0.0772. The molecule has 1 aliphatic heterocycles. The number of nitrogens with one attached hydrogen (secondary N) is 1. The fraction of sp³-hybridized carbons (Fsp3) is 0.650. The van der Waals surface area contributed by atoms with Crippen molar-refractivity contribution < 1.29 is 24.1 Å². The van der Waals surface area contributed by atoms with Gasteiger partial charge >= 0.3 is 6.01 Å². The summed E-state index contributed by atoms with van der Waals surface area (Å²) in [6.45, 7) is 2.85. The lowest BCUT2D eigenvalue weighted by Gasteiger charge is -2.36. The first-order valence-corrected chi connectivity index (χ1v) is 18.8. The van der Waals surface area contributed by atoms with Crippen molar-refractivity contribution in [1.29, 1.82) is 0 Å². The van der Waals surface area contributed by atoms with E-state index in [1.807, 2.05) is 24.4 Å². The van der Waals surface area contributed by atoms with E-state index >= 15 is 0 Å². The van der Waals surface area contributed by atoms with Gasteiger partial charge in [0, 0.05) is 47.5 Å². The molecule has 1 saturated heterocycles. The second-order valence-electron chi connectivity index (χ2n) is 14.3. The molecule has 0 amide bonds. The monoisotopic (exact) mass is 659 g/mol. The maximum atomic E-state index is 10.3. The summed E-state index contributed by atoms with van der Waals surface area (Å²) in [5, 5.41) is 15.9. The minimum absolute atomic E-state index is 0.0772. The van der Waals surface area contributed by atoms with Crippen molar-refractivity contribution in [3.05, 3.63) is 53.3 Å². The molecule has 0 bridgehead atoms. The Labute approximate surface area is 287 Å². The molecule has 2 saturated carbocycles. The van der Waals surface area contributed by atoms with Crippen LogP contribution in [0.15, 0.2) is 36.5 Å². The smallest absolute Gasteiger partial charge is 0.316 e. The molecule has 1 aromatic heterocycles. The molecular formula is C40H57N3O5. The van der Waals surface area contributed by atoms with Crippen molar-refractivity contribution in [3.63, 3.8) is 0 Å². The van der Waals surface area contributed by atoms with E-state index in [1.54, 1.807) is 14.2 Å². The zero-order valence-corrected chi connectivity index (χ0v) is 29.3. The van der Waals surface area contributed by atoms with Crippen LogP contribution in [0.2, 0.25) is 0 Å². The quantitative estimate of drug-likeness (QED) is 0.158. The van der Waals surface area contributed by atoms with Crippen LogP contribution in [0, 0.1) is 11.8 Å². The van der Waals surface area contributed by atoms with Gasteiger partial charge in [0.2, 0.25) is 0 Å². The van der Waals surface area contributed by atoms with Crippen LogP contribution in [0.5, 0.6) is 17.5 Å². The number of aromatic nitrogens is 2. The van der Waals surface area contributed by atoms with Crippen molar-refractivity contribution >= 4 is 10.8 Å². The molecule has 48 heavy (non-hydrogen) atoms. The lowest BCUT2D eigenvalue weighted by molar-refractivity contribution is 0.00922. The molecule has 262 valence electrons. The second-order valence-corrected chi connectivity index (χ2v) is 14.3. The van der Waals surface area contributed by atoms with E-state index in [0.717, 1.165) is 70.9 Å². The molecule has 8 heteroatoms. The van der Waals surface area contributed by atoms with Crippen LogP contribution in [0.1, 0.15) is 119 Å². The van der Waals surface area contributed by atoms with Gasteiger partial charge in [-0.15, -0.1) is 0 Å². The van der Waals surface area contributed by atoms with Crippen LogP contribution in [-0.4, -0.2) is 61.7 Å². The Morgan fingerprint density at radius 2 is 1.71 bits per heavy atom. The molecule has 3 unspecified atom stereocenters. The Balaban J connectivity index is 1.25. The first-order chi connectivity index (χ1) is 23.7. The van der Waals surface area contributed by atoms with Crippen LogP contribution in [0.4, 0.5) is 0 Å². The molecule has 3 fully saturated rings. The summed E-state index contributed by atoms with van der Waals surface area (Å²) in [5.74, 6) is 3.29. The van der Waals surface area contributed by atoms with Gasteiger partial charge < -0.3 is 29.4 Å². The molecule has 2 aliphatic carbocycles. The summed E-state index contributed by atoms with van der Waals surface area (Å²) in [6, 6.07) is 10.7. The fourth-order valence-electron chi connectivity index (χ4n) is 8.77. The summed E-state index contributed by atoms with van der Waals surface area (Å²) >= 11 is 0. The van der Waals surface area contributed by atoms with Crippen LogP contribution >= 0.6 is 0 Å². The number of hydrogen-bond donors (Lipinski definition) is 2. The zero-order valence-electron chi connectivity index (χ0n) is 29.3. The van der Waals surface area contributed by atoms with Crippen molar-refractivity contribution in [2.45, 2.75) is 114 Å². The van der Waals surface area contributed by atoms with E-state index in [2.05, 4.69) is 17.4 Å². The first kappa shape index (κ1) is 34.9. The zero-order chi connectivity index (χ0) is 33.1. The number of hydrogen-bond acceptors (Lipinski definition) is 8. The Hall–Kier alpha value is -2.94. The van der Waals surface area contributed by atoms with Gasteiger partial charge in [-0.25, -0.2) is 4.98 Å². The van der Waals surface area contributed by atoms with E-state index in [9.17, 15) is 5.11 Å². The second kappa shape index (κ2) is 17.6. The number of aliphatic hydroxyl groups is 1. The highest BCUT2D eigenvalue weighted by molar-refractivity contribution is 5.94. The summed E-state index contributed by atoms with van der Waals surface area (Å²) < 4.78 is 24.8. The Kier molecular flexibility index (Phi) is 12.8. The third-order valence-electron chi connectivity index (χ3n) is 11.3. The van der Waals surface area contributed by atoms with E-state index in [4.69, 9.17) is 28.9 Å². The van der Waals surface area contributed by atoms with Gasteiger partial charge in [0.1, 0.15) is 11.5 Å². The third kappa shape index (κ3) is 8.43. The van der Waals surface area contributed by atoms with Crippen molar-refractivity contribution in [2.24, 2.45) is 11.8 Å². The van der Waals surface area contributed by atoms with E-state index < -0.39 is 0 Å². The number of piperidine rings is 1. The molecule has 3 atom stereocenters. The number of aliphatic hydroxyl groups excluding tert-OH is 1. The SMILES string of the molecule is COc1cc(COC2CNCCC2c2cnc(OCCCC3CCCCC3)nc2C(CCO)C2CCCCC2)c(OC)c2ccccc12. The predicted molar refractivity (Wildman–Crippen MR) is 190 cm³/mol. The number of benzene rings is 2. The lowest BCUT2D eigenvalue weighted by Crippen LogP contribution is -2.41. The highest BCUT2D eigenvalue weighted by atomic mass is 16.5. The van der Waals surface area contributed by atoms with Gasteiger partial charge in [-0.05, 0) is 68.5 Å².